The van der Waals surface area contributed by atoms with Crippen LogP contribution in [-0.2, 0) is 4.79 Å². The first kappa shape index (κ1) is 20.6. The Morgan fingerprint density at radius 3 is 2.47 bits per heavy atom. The van der Waals surface area contributed by atoms with Gasteiger partial charge in [-0.05, 0) is 30.2 Å². The number of rotatable bonds is 4. The highest BCUT2D eigenvalue weighted by molar-refractivity contribution is 8.00. The van der Waals surface area contributed by atoms with Gasteiger partial charge in [0.15, 0.2) is 5.82 Å². The van der Waals surface area contributed by atoms with Crippen LogP contribution in [0, 0.1) is 6.92 Å². The quantitative estimate of drug-likeness (QED) is 0.431. The van der Waals surface area contributed by atoms with Gasteiger partial charge in [-0.15, -0.1) is 10.2 Å². The van der Waals surface area contributed by atoms with Gasteiger partial charge >= 0.3 is 0 Å². The van der Waals surface area contributed by atoms with E-state index in [0.717, 1.165) is 16.7 Å². The molecule has 0 saturated carbocycles. The highest BCUT2D eigenvalue weighted by Gasteiger charge is 2.38. The minimum Gasteiger partial charge on any atom is -0.325 e. The fourth-order valence-corrected chi connectivity index (χ4v) is 4.94. The molecule has 0 saturated heterocycles. The van der Waals surface area contributed by atoms with E-state index in [0.29, 0.717) is 21.7 Å². The lowest BCUT2D eigenvalue weighted by atomic mass is 10.0. The third-order valence-electron chi connectivity index (χ3n) is 5.41. The van der Waals surface area contributed by atoms with Crippen molar-refractivity contribution in [3.8, 4) is 11.4 Å². The molecule has 1 amide bonds. The summed E-state index contributed by atoms with van der Waals surface area (Å²) in [5.41, 5.74) is 6.97. The van der Waals surface area contributed by atoms with E-state index in [-0.39, 0.29) is 11.9 Å². The van der Waals surface area contributed by atoms with Crippen molar-refractivity contribution in [2.75, 3.05) is 10.7 Å². The maximum atomic E-state index is 13.4. The van der Waals surface area contributed by atoms with Crippen LogP contribution < -0.4 is 10.7 Å². The zero-order chi connectivity index (χ0) is 22.1. The summed E-state index contributed by atoms with van der Waals surface area (Å²) in [7, 11) is 0. The van der Waals surface area contributed by atoms with Crippen LogP contribution in [-0.4, -0.2) is 26.0 Å². The lowest BCUT2D eigenvalue weighted by molar-refractivity contribution is -0.116. The highest BCUT2D eigenvalue weighted by Crippen LogP contribution is 2.39. The molecule has 1 aliphatic heterocycles. The van der Waals surface area contributed by atoms with Crippen LogP contribution in [0.25, 0.3) is 11.4 Å². The van der Waals surface area contributed by atoms with Gasteiger partial charge in [0.05, 0.1) is 6.04 Å². The second kappa shape index (κ2) is 8.68. The molecule has 0 fully saturated rings. The number of nitrogens with zero attached hydrogens (tertiary/aromatic N) is 3. The first-order chi connectivity index (χ1) is 15.6. The molecule has 1 aliphatic rings. The van der Waals surface area contributed by atoms with Crippen molar-refractivity contribution in [2.45, 2.75) is 23.4 Å². The predicted molar refractivity (Wildman–Crippen MR) is 128 cm³/mol. The summed E-state index contributed by atoms with van der Waals surface area (Å²) in [4.78, 5) is 13.4. The van der Waals surface area contributed by atoms with E-state index in [1.165, 1.54) is 11.8 Å². The van der Waals surface area contributed by atoms with E-state index >= 15 is 0 Å². The summed E-state index contributed by atoms with van der Waals surface area (Å²) in [6, 6.07) is 25.0. The lowest BCUT2D eigenvalue weighted by Gasteiger charge is -2.33. The van der Waals surface area contributed by atoms with Crippen molar-refractivity contribution in [3.63, 3.8) is 0 Å². The second-order valence-electron chi connectivity index (χ2n) is 7.47. The average molecular weight is 462 g/mol. The monoisotopic (exact) mass is 461 g/mol. The number of halogens is 1. The Balaban J connectivity index is 1.51. The van der Waals surface area contributed by atoms with Crippen LogP contribution in [0.15, 0.2) is 84.0 Å². The number of carbonyl (C=O) groups is 1. The third kappa shape index (κ3) is 3.85. The molecule has 0 aliphatic carbocycles. The Hall–Kier alpha value is -3.29. The number of anilines is 1. The Labute approximate surface area is 195 Å². The predicted octanol–water partition coefficient (Wildman–Crippen LogP) is 5.30. The molecule has 2 atom stereocenters. The fraction of sp³-hybridized carbons (Fsp3) is 0.125. The molecule has 32 heavy (non-hydrogen) atoms. The number of hydrogen-bond donors (Lipinski definition) is 2. The van der Waals surface area contributed by atoms with Gasteiger partial charge in [-0.25, -0.2) is 4.68 Å². The van der Waals surface area contributed by atoms with E-state index in [2.05, 4.69) is 20.9 Å². The molecular formula is C24H20ClN5OS. The van der Waals surface area contributed by atoms with Gasteiger partial charge < -0.3 is 10.7 Å². The lowest BCUT2D eigenvalue weighted by Crippen LogP contribution is -2.41. The summed E-state index contributed by atoms with van der Waals surface area (Å²) >= 11 is 7.64. The van der Waals surface area contributed by atoms with Crippen molar-refractivity contribution in [3.05, 3.63) is 95.0 Å². The van der Waals surface area contributed by atoms with E-state index in [1.54, 1.807) is 0 Å². The molecule has 6 nitrogen and oxygen atoms in total. The molecule has 0 bridgehead atoms. The number of thioether (sulfide) groups is 1. The molecular weight excluding hydrogens is 442 g/mol. The van der Waals surface area contributed by atoms with Crippen LogP contribution in [0.4, 0.5) is 5.69 Å². The van der Waals surface area contributed by atoms with Gasteiger partial charge in [-0.2, -0.15) is 0 Å². The topological polar surface area (TPSA) is 71.8 Å². The number of fused-ring (bicyclic) bond motifs is 1. The molecule has 160 valence electrons. The number of amides is 1. The van der Waals surface area contributed by atoms with E-state index in [9.17, 15) is 4.79 Å². The average Bonchev–Trinajstić information content (AvgIpc) is 3.25. The number of carbonyl (C=O) groups excluding carboxylic acids is 1. The fourth-order valence-electron chi connectivity index (χ4n) is 3.69. The third-order valence-corrected chi connectivity index (χ3v) is 7.04. The van der Waals surface area contributed by atoms with Gasteiger partial charge in [0.1, 0.15) is 5.25 Å². The summed E-state index contributed by atoms with van der Waals surface area (Å²) in [5, 5.41) is 12.6. The van der Waals surface area contributed by atoms with Crippen LogP contribution in [0.2, 0.25) is 5.02 Å². The van der Waals surface area contributed by atoms with Crippen LogP contribution in [0.3, 0.4) is 0 Å². The Morgan fingerprint density at radius 2 is 1.72 bits per heavy atom. The molecule has 1 aromatic heterocycles. The zero-order valence-electron chi connectivity index (χ0n) is 17.2. The van der Waals surface area contributed by atoms with Gasteiger partial charge in [0.25, 0.3) is 0 Å². The molecule has 0 radical (unpaired) electrons. The van der Waals surface area contributed by atoms with Crippen LogP contribution in [0.5, 0.6) is 0 Å². The number of benzene rings is 3. The number of hydrogen-bond acceptors (Lipinski definition) is 5. The SMILES string of the molecule is Cc1c(Cl)cccc1NC(=O)[C@H]1Sc2nnc(-c3ccccc3)n2N[C@@H]1c1ccccc1. The molecule has 0 unspecified atom stereocenters. The molecule has 8 heteroatoms. The molecule has 0 spiro atoms. The van der Waals surface area contributed by atoms with Crippen LogP contribution >= 0.6 is 23.4 Å². The number of nitrogens with one attached hydrogen (secondary N) is 2. The molecule has 4 aromatic rings. The highest BCUT2D eigenvalue weighted by atomic mass is 35.5. The number of aromatic nitrogens is 3. The molecule has 3 aromatic carbocycles. The minimum atomic E-state index is -0.462. The minimum absolute atomic E-state index is 0.128. The van der Waals surface area contributed by atoms with Gasteiger partial charge in [0.2, 0.25) is 11.1 Å². The first-order valence-corrected chi connectivity index (χ1v) is 11.4. The molecule has 2 heterocycles. The van der Waals surface area contributed by atoms with E-state index in [4.69, 9.17) is 11.6 Å². The van der Waals surface area contributed by atoms with Crippen molar-refractivity contribution >= 4 is 35.0 Å². The van der Waals surface area contributed by atoms with Crippen molar-refractivity contribution in [1.29, 1.82) is 0 Å². The summed E-state index contributed by atoms with van der Waals surface area (Å²) in [6.07, 6.45) is 0. The zero-order valence-corrected chi connectivity index (χ0v) is 18.8. The van der Waals surface area contributed by atoms with E-state index in [1.807, 2.05) is 90.5 Å². The summed E-state index contributed by atoms with van der Waals surface area (Å²) in [5.74, 6) is 0.579. The Morgan fingerprint density at radius 1 is 1.00 bits per heavy atom. The smallest absolute Gasteiger partial charge is 0.240 e. The molecule has 2 N–H and O–H groups in total. The maximum Gasteiger partial charge on any atom is 0.240 e. The van der Waals surface area contributed by atoms with Gasteiger partial charge in [-0.3, -0.25) is 4.79 Å². The standard InChI is InChI=1S/C24H20ClN5OS/c1-15-18(25)13-8-14-19(15)26-23(31)21-20(16-9-4-2-5-10-16)29-30-22(27-28-24(30)32-21)17-11-6-3-7-12-17/h2-14,20-21,29H,1H3,(H,26,31)/t20-,21+/m1/s1. The van der Waals surface area contributed by atoms with Gasteiger partial charge in [0, 0.05) is 16.3 Å². The second-order valence-corrected chi connectivity index (χ2v) is 8.98. The van der Waals surface area contributed by atoms with Crippen LogP contribution in [0.1, 0.15) is 17.2 Å². The summed E-state index contributed by atoms with van der Waals surface area (Å²) < 4.78 is 1.87. The maximum absolute atomic E-state index is 13.4. The van der Waals surface area contributed by atoms with Crippen molar-refractivity contribution < 1.29 is 4.79 Å². The van der Waals surface area contributed by atoms with Gasteiger partial charge in [-0.1, -0.05) is 90.1 Å². The summed E-state index contributed by atoms with van der Waals surface area (Å²) in [6.45, 7) is 1.89. The van der Waals surface area contributed by atoms with Crippen molar-refractivity contribution in [1.82, 2.24) is 14.9 Å². The Kier molecular flexibility index (Phi) is 5.59. The molecule has 5 rings (SSSR count). The van der Waals surface area contributed by atoms with Crippen molar-refractivity contribution in [2.24, 2.45) is 0 Å². The Bertz CT molecular complexity index is 1260. The first-order valence-electron chi connectivity index (χ1n) is 10.2. The van der Waals surface area contributed by atoms with E-state index < -0.39 is 5.25 Å². The normalized spacial score (nSPS) is 17.3. The largest absolute Gasteiger partial charge is 0.325 e.